The minimum atomic E-state index is -1.35. The van der Waals surface area contributed by atoms with Gasteiger partial charge in [0, 0.05) is 28.9 Å². The molecule has 0 saturated carbocycles. The molecule has 1 spiro atoms. The lowest BCUT2D eigenvalue weighted by molar-refractivity contribution is -0.142. The van der Waals surface area contributed by atoms with Crippen molar-refractivity contribution in [1.82, 2.24) is 10.2 Å². The van der Waals surface area contributed by atoms with E-state index in [2.05, 4.69) is 10.6 Å². The van der Waals surface area contributed by atoms with Crippen molar-refractivity contribution in [3.05, 3.63) is 58.6 Å². The van der Waals surface area contributed by atoms with Gasteiger partial charge in [0.25, 0.3) is 0 Å². The molecule has 2 fully saturated rings. The van der Waals surface area contributed by atoms with Crippen LogP contribution in [-0.4, -0.2) is 40.3 Å². The topological polar surface area (TPSA) is 98.7 Å². The summed E-state index contributed by atoms with van der Waals surface area (Å²) in [6.45, 7) is 2.36. The van der Waals surface area contributed by atoms with Crippen LogP contribution in [0, 0.1) is 11.8 Å². The fourth-order valence-corrected chi connectivity index (χ4v) is 5.60. The zero-order valence-corrected chi connectivity index (χ0v) is 18.4. The van der Waals surface area contributed by atoms with Crippen LogP contribution in [0.5, 0.6) is 5.75 Å². The Morgan fingerprint density at radius 2 is 1.84 bits per heavy atom. The number of benzene rings is 2. The highest BCUT2D eigenvalue weighted by Gasteiger charge is 2.70. The van der Waals surface area contributed by atoms with E-state index in [1.54, 1.807) is 42.5 Å². The standard InChI is InChI=1S/C24H24ClN3O4/c1-2-3-10-28-21(30)19-18(11-13-4-7-15(29)8-5-13)27-24(20(19)22(28)31)16-12-14(25)6-9-17(16)26-23(24)32/h4-9,12,18-20,27,29H,2-3,10-11H2,1H3,(H,26,32)/t18-,19-,20+,24+/m1/s1. The van der Waals surface area contributed by atoms with E-state index < -0.39 is 23.4 Å². The number of phenolic OH excluding ortho intramolecular Hbond substituents is 1. The number of imide groups is 1. The number of hydrogen-bond acceptors (Lipinski definition) is 5. The first-order valence-electron chi connectivity index (χ1n) is 10.9. The van der Waals surface area contributed by atoms with Crippen LogP contribution in [-0.2, 0) is 26.3 Å². The zero-order valence-electron chi connectivity index (χ0n) is 17.6. The van der Waals surface area contributed by atoms with Crippen molar-refractivity contribution in [2.45, 2.75) is 37.8 Å². The second-order valence-electron chi connectivity index (χ2n) is 8.76. The molecule has 2 aromatic carbocycles. The summed E-state index contributed by atoms with van der Waals surface area (Å²) in [7, 11) is 0. The van der Waals surface area contributed by atoms with Crippen molar-refractivity contribution in [2.75, 3.05) is 11.9 Å². The third-order valence-electron chi connectivity index (χ3n) is 6.90. The summed E-state index contributed by atoms with van der Waals surface area (Å²) in [5, 5.41) is 16.4. The molecule has 2 aromatic rings. The van der Waals surface area contributed by atoms with Gasteiger partial charge in [0.05, 0.1) is 11.8 Å². The van der Waals surface area contributed by atoms with Gasteiger partial charge in [-0.1, -0.05) is 37.1 Å². The van der Waals surface area contributed by atoms with Crippen LogP contribution in [0.25, 0.3) is 0 Å². The summed E-state index contributed by atoms with van der Waals surface area (Å²) >= 11 is 6.27. The second kappa shape index (κ2) is 7.60. The summed E-state index contributed by atoms with van der Waals surface area (Å²) in [6.07, 6.45) is 2.01. The first-order valence-corrected chi connectivity index (χ1v) is 11.3. The summed E-state index contributed by atoms with van der Waals surface area (Å²) < 4.78 is 0. The minimum absolute atomic E-state index is 0.152. The van der Waals surface area contributed by atoms with Crippen molar-refractivity contribution in [1.29, 1.82) is 0 Å². The molecule has 0 aliphatic carbocycles. The summed E-state index contributed by atoms with van der Waals surface area (Å²) in [5.41, 5.74) is 0.758. The lowest BCUT2D eigenvalue weighted by atomic mass is 9.76. The molecule has 0 bridgehead atoms. The van der Waals surface area contributed by atoms with Crippen LogP contribution >= 0.6 is 11.6 Å². The van der Waals surface area contributed by atoms with E-state index in [0.717, 1.165) is 12.0 Å². The minimum Gasteiger partial charge on any atom is -0.508 e. The molecule has 4 atom stereocenters. The van der Waals surface area contributed by atoms with E-state index in [1.807, 2.05) is 6.92 Å². The molecule has 0 unspecified atom stereocenters. The Bertz CT molecular complexity index is 1120. The Balaban J connectivity index is 1.61. The number of nitrogens with one attached hydrogen (secondary N) is 2. The molecule has 0 radical (unpaired) electrons. The number of fused-ring (bicyclic) bond motifs is 4. The van der Waals surface area contributed by atoms with Gasteiger partial charge in [-0.15, -0.1) is 0 Å². The number of carbonyl (C=O) groups is 3. The summed E-state index contributed by atoms with van der Waals surface area (Å²) in [6, 6.07) is 11.4. The van der Waals surface area contributed by atoms with Crippen LogP contribution in [0.1, 0.15) is 30.9 Å². The Hall–Kier alpha value is -2.90. The number of hydrogen-bond donors (Lipinski definition) is 3. The quantitative estimate of drug-likeness (QED) is 0.605. The Kier molecular flexibility index (Phi) is 4.98. The normalized spacial score (nSPS) is 28.4. The van der Waals surface area contributed by atoms with Gasteiger partial charge in [0.15, 0.2) is 0 Å². The predicted molar refractivity (Wildman–Crippen MR) is 119 cm³/mol. The maximum Gasteiger partial charge on any atom is 0.250 e. The molecule has 8 heteroatoms. The van der Waals surface area contributed by atoms with E-state index in [-0.39, 0.29) is 23.5 Å². The third kappa shape index (κ3) is 2.95. The van der Waals surface area contributed by atoms with Crippen LogP contribution in [0.4, 0.5) is 5.69 Å². The number of aromatic hydroxyl groups is 1. The van der Waals surface area contributed by atoms with Gasteiger partial charge in [-0.2, -0.15) is 0 Å². The van der Waals surface area contributed by atoms with Gasteiger partial charge < -0.3 is 10.4 Å². The van der Waals surface area contributed by atoms with Gasteiger partial charge >= 0.3 is 0 Å². The van der Waals surface area contributed by atoms with E-state index >= 15 is 0 Å². The van der Waals surface area contributed by atoms with Crippen LogP contribution in [0.15, 0.2) is 42.5 Å². The molecule has 166 valence electrons. The van der Waals surface area contributed by atoms with Gasteiger partial charge in [0.2, 0.25) is 17.7 Å². The molecule has 7 nitrogen and oxygen atoms in total. The Labute approximate surface area is 190 Å². The number of amides is 3. The summed E-state index contributed by atoms with van der Waals surface area (Å²) in [4.78, 5) is 41.7. The number of rotatable bonds is 5. The number of likely N-dealkylation sites (tertiary alicyclic amines) is 1. The largest absolute Gasteiger partial charge is 0.508 e. The van der Waals surface area contributed by atoms with E-state index in [0.29, 0.717) is 35.7 Å². The molecule has 3 heterocycles. The number of anilines is 1. The van der Waals surface area contributed by atoms with E-state index in [4.69, 9.17) is 11.6 Å². The highest BCUT2D eigenvalue weighted by atomic mass is 35.5. The first-order chi connectivity index (χ1) is 15.4. The van der Waals surface area contributed by atoms with Gasteiger partial charge in [-0.3, -0.25) is 24.6 Å². The molecule has 5 rings (SSSR count). The molecule has 2 saturated heterocycles. The number of nitrogens with zero attached hydrogens (tertiary/aromatic N) is 1. The van der Waals surface area contributed by atoms with Crippen LogP contribution in [0.2, 0.25) is 5.02 Å². The fraction of sp³-hybridized carbons (Fsp3) is 0.375. The maximum absolute atomic E-state index is 13.6. The van der Waals surface area contributed by atoms with Crippen molar-refractivity contribution < 1.29 is 19.5 Å². The number of phenols is 1. The molecule has 3 amide bonds. The van der Waals surface area contributed by atoms with Crippen molar-refractivity contribution >= 4 is 35.0 Å². The number of halogens is 1. The monoisotopic (exact) mass is 453 g/mol. The lowest BCUT2D eigenvalue weighted by Gasteiger charge is -2.29. The molecular formula is C24H24ClN3O4. The highest BCUT2D eigenvalue weighted by molar-refractivity contribution is 6.31. The van der Waals surface area contributed by atoms with Crippen molar-refractivity contribution in [2.24, 2.45) is 11.8 Å². The van der Waals surface area contributed by atoms with Gasteiger partial charge in [-0.05, 0) is 48.7 Å². The van der Waals surface area contributed by atoms with E-state index in [9.17, 15) is 19.5 Å². The smallest absolute Gasteiger partial charge is 0.250 e. The molecule has 3 aliphatic rings. The molecule has 0 aromatic heterocycles. The van der Waals surface area contributed by atoms with Crippen LogP contribution < -0.4 is 10.6 Å². The second-order valence-corrected chi connectivity index (χ2v) is 9.20. The average Bonchev–Trinajstić information content (AvgIpc) is 3.34. The third-order valence-corrected chi connectivity index (χ3v) is 7.13. The van der Waals surface area contributed by atoms with Gasteiger partial charge in [-0.25, -0.2) is 0 Å². The maximum atomic E-state index is 13.6. The predicted octanol–water partition coefficient (Wildman–Crippen LogP) is 2.81. The number of carbonyl (C=O) groups excluding carboxylic acids is 3. The van der Waals surface area contributed by atoms with Crippen molar-refractivity contribution in [3.63, 3.8) is 0 Å². The molecule has 3 aliphatic heterocycles. The highest BCUT2D eigenvalue weighted by Crippen LogP contribution is 2.53. The van der Waals surface area contributed by atoms with Crippen LogP contribution in [0.3, 0.4) is 0 Å². The number of unbranched alkanes of at least 4 members (excludes halogenated alkanes) is 1. The van der Waals surface area contributed by atoms with Crippen molar-refractivity contribution in [3.8, 4) is 5.75 Å². The SMILES string of the molecule is CCCCN1C(=O)[C@H]2[C@@H](C1=O)[C@]1(N[C@@H]2Cc2ccc(O)cc2)C(=O)Nc2ccc(Cl)cc21. The Morgan fingerprint density at radius 3 is 2.56 bits per heavy atom. The lowest BCUT2D eigenvalue weighted by Crippen LogP contribution is -2.53. The fourth-order valence-electron chi connectivity index (χ4n) is 5.43. The zero-order chi connectivity index (χ0) is 22.6. The van der Waals surface area contributed by atoms with Gasteiger partial charge in [0.1, 0.15) is 11.3 Å². The average molecular weight is 454 g/mol. The Morgan fingerprint density at radius 1 is 1.09 bits per heavy atom. The molecule has 32 heavy (non-hydrogen) atoms. The first kappa shape index (κ1) is 21.0. The van der Waals surface area contributed by atoms with E-state index in [1.165, 1.54) is 4.90 Å². The summed E-state index contributed by atoms with van der Waals surface area (Å²) in [5.74, 6) is -2.23. The molecule has 3 N–H and O–H groups in total. The molecular weight excluding hydrogens is 430 g/mol.